The van der Waals surface area contributed by atoms with Gasteiger partial charge in [-0.1, -0.05) is 24.9 Å². The molecule has 2 aromatic rings. The number of benzene rings is 1. The first-order chi connectivity index (χ1) is 9.19. The van der Waals surface area contributed by atoms with Crippen LogP contribution >= 0.6 is 11.6 Å². The molecular weight excluding hydrogens is 258 g/mol. The highest BCUT2D eigenvalue weighted by Gasteiger charge is 2.24. The van der Waals surface area contributed by atoms with Crippen molar-refractivity contribution in [2.75, 3.05) is 5.73 Å². The first-order valence-corrected chi connectivity index (χ1v) is 7.49. The third-order valence-electron chi connectivity index (χ3n) is 4.44. The van der Waals surface area contributed by atoms with Gasteiger partial charge in [0.2, 0.25) is 5.95 Å². The molecule has 3 rings (SSSR count). The fraction of sp³-hybridized carbons (Fsp3) is 0.533. The summed E-state index contributed by atoms with van der Waals surface area (Å²) >= 11 is 6.01. The zero-order chi connectivity index (χ0) is 13.4. The zero-order valence-electron chi connectivity index (χ0n) is 11.3. The molecule has 2 N–H and O–H groups in total. The molecule has 3 nitrogen and oxygen atoms in total. The monoisotopic (exact) mass is 277 g/mol. The predicted octanol–water partition coefficient (Wildman–Crippen LogP) is 4.41. The minimum Gasteiger partial charge on any atom is -0.369 e. The van der Waals surface area contributed by atoms with Gasteiger partial charge in [-0.05, 0) is 49.8 Å². The highest BCUT2D eigenvalue weighted by atomic mass is 35.5. The number of nitrogens with two attached hydrogens (primary N) is 1. The van der Waals surface area contributed by atoms with Crippen molar-refractivity contribution < 1.29 is 0 Å². The zero-order valence-corrected chi connectivity index (χ0v) is 12.0. The maximum absolute atomic E-state index is 6.11. The molecule has 0 spiro atoms. The van der Waals surface area contributed by atoms with Gasteiger partial charge in [0.05, 0.1) is 11.0 Å². The molecule has 19 heavy (non-hydrogen) atoms. The van der Waals surface area contributed by atoms with Crippen LogP contribution in [-0.2, 0) is 0 Å². The Morgan fingerprint density at radius 3 is 2.74 bits per heavy atom. The second-order valence-electron chi connectivity index (χ2n) is 5.56. The van der Waals surface area contributed by atoms with Crippen LogP contribution in [0.25, 0.3) is 11.0 Å². The summed E-state index contributed by atoms with van der Waals surface area (Å²) in [6.07, 6.45) is 6.30. The summed E-state index contributed by atoms with van der Waals surface area (Å²) in [6.45, 7) is 2.29. The van der Waals surface area contributed by atoms with Crippen LogP contribution in [0.2, 0.25) is 5.02 Å². The molecule has 0 atom stereocenters. The molecule has 1 aliphatic rings. The number of fused-ring (bicyclic) bond motifs is 1. The van der Waals surface area contributed by atoms with Gasteiger partial charge in [-0.15, -0.1) is 0 Å². The van der Waals surface area contributed by atoms with Gasteiger partial charge >= 0.3 is 0 Å². The second kappa shape index (κ2) is 5.04. The minimum atomic E-state index is 0.494. The van der Waals surface area contributed by atoms with Gasteiger partial charge in [-0.2, -0.15) is 0 Å². The Kier molecular flexibility index (Phi) is 3.40. The molecule has 0 saturated heterocycles. The van der Waals surface area contributed by atoms with Crippen LogP contribution in [0.4, 0.5) is 5.95 Å². The molecule has 0 radical (unpaired) electrons. The first kappa shape index (κ1) is 12.8. The van der Waals surface area contributed by atoms with E-state index in [4.69, 9.17) is 17.3 Å². The van der Waals surface area contributed by atoms with Crippen molar-refractivity contribution in [3.05, 3.63) is 23.2 Å². The lowest BCUT2D eigenvalue weighted by Crippen LogP contribution is -2.19. The van der Waals surface area contributed by atoms with E-state index < -0.39 is 0 Å². The van der Waals surface area contributed by atoms with Crippen LogP contribution in [0.1, 0.15) is 45.1 Å². The number of hydrogen-bond acceptors (Lipinski definition) is 2. The van der Waals surface area contributed by atoms with Gasteiger partial charge in [0, 0.05) is 11.1 Å². The van der Waals surface area contributed by atoms with E-state index in [0.717, 1.165) is 17.0 Å². The van der Waals surface area contributed by atoms with Crippen molar-refractivity contribution in [1.29, 1.82) is 0 Å². The van der Waals surface area contributed by atoms with Gasteiger partial charge in [-0.3, -0.25) is 0 Å². The maximum atomic E-state index is 6.11. The average Bonchev–Trinajstić information content (AvgIpc) is 2.74. The molecule has 0 bridgehead atoms. The maximum Gasteiger partial charge on any atom is 0.201 e. The van der Waals surface area contributed by atoms with Crippen LogP contribution in [0.15, 0.2) is 18.2 Å². The van der Waals surface area contributed by atoms with E-state index in [9.17, 15) is 0 Å². The van der Waals surface area contributed by atoms with E-state index in [1.54, 1.807) is 0 Å². The summed E-state index contributed by atoms with van der Waals surface area (Å²) in [6, 6.07) is 6.34. The molecule has 1 saturated carbocycles. The Hall–Kier alpha value is -1.22. The normalized spacial score (nSPS) is 23.9. The molecule has 0 unspecified atom stereocenters. The molecule has 1 heterocycles. The Morgan fingerprint density at radius 2 is 2.05 bits per heavy atom. The Balaban J connectivity index is 1.94. The van der Waals surface area contributed by atoms with Crippen molar-refractivity contribution in [1.82, 2.24) is 9.55 Å². The molecule has 1 aromatic carbocycles. The van der Waals surface area contributed by atoms with Crippen LogP contribution in [0.5, 0.6) is 0 Å². The second-order valence-corrected chi connectivity index (χ2v) is 5.99. The quantitative estimate of drug-likeness (QED) is 0.883. The molecule has 0 amide bonds. The third kappa shape index (κ3) is 2.32. The fourth-order valence-electron chi connectivity index (χ4n) is 3.29. The van der Waals surface area contributed by atoms with Crippen molar-refractivity contribution in [2.45, 2.75) is 45.1 Å². The minimum absolute atomic E-state index is 0.494. The van der Waals surface area contributed by atoms with Gasteiger partial charge in [0.1, 0.15) is 0 Å². The summed E-state index contributed by atoms with van der Waals surface area (Å²) in [5, 5.41) is 0.715. The number of aromatic nitrogens is 2. The van der Waals surface area contributed by atoms with Crippen LogP contribution in [0, 0.1) is 5.92 Å². The number of imidazole rings is 1. The smallest absolute Gasteiger partial charge is 0.201 e. The van der Waals surface area contributed by atoms with E-state index >= 15 is 0 Å². The summed E-state index contributed by atoms with van der Waals surface area (Å²) in [7, 11) is 0. The van der Waals surface area contributed by atoms with Gasteiger partial charge in [0.25, 0.3) is 0 Å². The van der Waals surface area contributed by atoms with Crippen molar-refractivity contribution in [2.24, 2.45) is 5.92 Å². The largest absolute Gasteiger partial charge is 0.369 e. The highest BCUT2D eigenvalue weighted by molar-refractivity contribution is 6.31. The summed E-state index contributed by atoms with van der Waals surface area (Å²) in [4.78, 5) is 4.44. The number of nitrogen functional groups attached to an aromatic ring is 1. The van der Waals surface area contributed by atoms with E-state index in [-0.39, 0.29) is 0 Å². The van der Waals surface area contributed by atoms with Gasteiger partial charge < -0.3 is 10.3 Å². The molecule has 4 heteroatoms. The third-order valence-corrected chi connectivity index (χ3v) is 4.67. The van der Waals surface area contributed by atoms with Crippen molar-refractivity contribution in [3.63, 3.8) is 0 Å². The summed E-state index contributed by atoms with van der Waals surface area (Å²) in [5.41, 5.74) is 8.13. The number of hydrogen-bond donors (Lipinski definition) is 1. The van der Waals surface area contributed by atoms with Gasteiger partial charge in [0.15, 0.2) is 0 Å². The lowest BCUT2D eigenvalue weighted by Gasteiger charge is -2.29. The first-order valence-electron chi connectivity index (χ1n) is 7.12. The van der Waals surface area contributed by atoms with Crippen molar-refractivity contribution in [3.8, 4) is 0 Å². The van der Waals surface area contributed by atoms with E-state index in [0.29, 0.717) is 17.0 Å². The SMILES string of the molecule is CCC1CCC(n2c(N)nc3cc(Cl)ccc32)CC1. The number of halogens is 1. The molecule has 1 aliphatic carbocycles. The van der Waals surface area contributed by atoms with Crippen LogP contribution in [0.3, 0.4) is 0 Å². The van der Waals surface area contributed by atoms with Gasteiger partial charge in [-0.25, -0.2) is 4.98 Å². The predicted molar refractivity (Wildman–Crippen MR) is 80.4 cm³/mol. The number of nitrogens with zero attached hydrogens (tertiary/aromatic N) is 2. The molecular formula is C15H20ClN3. The fourth-order valence-corrected chi connectivity index (χ4v) is 3.45. The Morgan fingerprint density at radius 1 is 1.32 bits per heavy atom. The molecule has 1 aromatic heterocycles. The Bertz CT molecular complexity index is 582. The topological polar surface area (TPSA) is 43.8 Å². The lowest BCUT2D eigenvalue weighted by atomic mass is 9.84. The molecule has 102 valence electrons. The number of rotatable bonds is 2. The average molecular weight is 278 g/mol. The number of anilines is 1. The van der Waals surface area contributed by atoms with E-state index in [1.807, 2.05) is 18.2 Å². The molecule has 0 aliphatic heterocycles. The lowest BCUT2D eigenvalue weighted by molar-refractivity contribution is 0.275. The molecule has 1 fully saturated rings. The van der Waals surface area contributed by atoms with Crippen LogP contribution < -0.4 is 5.73 Å². The van der Waals surface area contributed by atoms with Crippen molar-refractivity contribution >= 4 is 28.6 Å². The summed E-state index contributed by atoms with van der Waals surface area (Å²) in [5.74, 6) is 1.51. The van der Waals surface area contributed by atoms with Crippen LogP contribution in [-0.4, -0.2) is 9.55 Å². The van der Waals surface area contributed by atoms with E-state index in [2.05, 4.69) is 16.5 Å². The Labute approximate surface area is 118 Å². The standard InChI is InChI=1S/C15H20ClN3/c1-2-10-3-6-12(7-4-10)19-14-8-5-11(16)9-13(14)18-15(19)17/h5,8-10,12H,2-4,6-7H2,1H3,(H2,17,18). The summed E-state index contributed by atoms with van der Waals surface area (Å²) < 4.78 is 2.21. The highest BCUT2D eigenvalue weighted by Crippen LogP contribution is 2.37. The van der Waals surface area contributed by atoms with E-state index in [1.165, 1.54) is 32.1 Å².